The van der Waals surface area contributed by atoms with Crippen molar-refractivity contribution in [1.82, 2.24) is 10.2 Å². The van der Waals surface area contributed by atoms with Crippen LogP contribution in [0.1, 0.15) is 60.3 Å². The smallest absolute Gasteiger partial charge is 0.318 e. The lowest BCUT2D eigenvalue weighted by molar-refractivity contribution is -0.137. The van der Waals surface area contributed by atoms with Crippen molar-refractivity contribution in [3.05, 3.63) is 0 Å². The Hall–Kier alpha value is -1.26. The minimum atomic E-state index is -0.881. The molecule has 2 N–H and O–H groups in total. The van der Waals surface area contributed by atoms with E-state index in [9.17, 15) is 9.59 Å². The van der Waals surface area contributed by atoms with Crippen LogP contribution in [-0.2, 0) is 4.79 Å². The Morgan fingerprint density at radius 1 is 1.35 bits per heavy atom. The van der Waals surface area contributed by atoms with Crippen LogP contribution < -0.4 is 5.32 Å². The second-order valence-electron chi connectivity index (χ2n) is 7.35. The van der Waals surface area contributed by atoms with Crippen LogP contribution in [0.25, 0.3) is 0 Å². The predicted molar refractivity (Wildman–Crippen MR) is 78.7 cm³/mol. The first-order valence-corrected chi connectivity index (χ1v) is 7.34. The van der Waals surface area contributed by atoms with Gasteiger partial charge in [0, 0.05) is 18.1 Å². The highest BCUT2D eigenvalue weighted by Gasteiger charge is 2.37. The van der Waals surface area contributed by atoms with Gasteiger partial charge < -0.3 is 15.3 Å². The monoisotopic (exact) mass is 284 g/mol. The van der Waals surface area contributed by atoms with Gasteiger partial charge in [-0.15, -0.1) is 0 Å². The Morgan fingerprint density at radius 2 is 1.95 bits per heavy atom. The van der Waals surface area contributed by atoms with Crippen molar-refractivity contribution in [2.24, 2.45) is 5.41 Å². The summed E-state index contributed by atoms with van der Waals surface area (Å²) in [7, 11) is 0. The quantitative estimate of drug-likeness (QED) is 0.834. The summed E-state index contributed by atoms with van der Waals surface area (Å²) in [5.74, 6) is -0.881. The number of hydrogen-bond acceptors (Lipinski definition) is 2. The molecule has 0 saturated heterocycles. The van der Waals surface area contributed by atoms with E-state index in [0.29, 0.717) is 0 Å². The molecule has 1 unspecified atom stereocenters. The Bertz CT molecular complexity index is 372. The summed E-state index contributed by atoms with van der Waals surface area (Å²) in [5.41, 5.74) is -0.270. The predicted octanol–water partition coefficient (Wildman–Crippen LogP) is 2.85. The van der Waals surface area contributed by atoms with Crippen LogP contribution in [0.4, 0.5) is 4.79 Å². The van der Waals surface area contributed by atoms with Gasteiger partial charge in [-0.25, -0.2) is 4.79 Å². The van der Waals surface area contributed by atoms with Crippen LogP contribution in [0.2, 0.25) is 0 Å². The minimum absolute atomic E-state index is 0.0290. The lowest BCUT2D eigenvalue weighted by atomic mass is 9.87. The van der Waals surface area contributed by atoms with E-state index in [1.807, 2.05) is 20.8 Å². The first-order valence-electron chi connectivity index (χ1n) is 7.34. The molecule has 0 aliphatic heterocycles. The molecule has 5 nitrogen and oxygen atoms in total. The fourth-order valence-corrected chi connectivity index (χ4v) is 2.77. The van der Waals surface area contributed by atoms with Crippen LogP contribution >= 0.6 is 0 Å². The van der Waals surface area contributed by atoms with Crippen molar-refractivity contribution in [1.29, 1.82) is 0 Å². The zero-order chi connectivity index (χ0) is 15.6. The number of aliphatic carboxylic acids is 1. The lowest BCUT2D eigenvalue weighted by Gasteiger charge is -2.38. The zero-order valence-corrected chi connectivity index (χ0v) is 13.3. The summed E-state index contributed by atoms with van der Waals surface area (Å²) in [4.78, 5) is 24.8. The van der Waals surface area contributed by atoms with Crippen LogP contribution in [0, 0.1) is 5.41 Å². The van der Waals surface area contributed by atoms with E-state index < -0.39 is 5.97 Å². The molecule has 1 rings (SSSR count). The standard InChI is InChI=1S/C15H28N2O3/c1-14(2,3)17(10-8-12(18)19)13(20)16-11-7-6-9-15(11,4)5/h11H,6-10H2,1-5H3,(H,16,20)(H,18,19). The molecule has 1 atom stereocenters. The molecule has 0 heterocycles. The number of rotatable bonds is 4. The SMILES string of the molecule is CC1(C)CCCC1NC(=O)N(CCC(=O)O)C(C)(C)C. The fraction of sp³-hybridized carbons (Fsp3) is 0.867. The van der Waals surface area contributed by atoms with Crippen LogP contribution in [-0.4, -0.2) is 40.1 Å². The highest BCUT2D eigenvalue weighted by Crippen LogP contribution is 2.37. The molecule has 0 radical (unpaired) electrons. The Labute approximate surface area is 121 Å². The molecule has 20 heavy (non-hydrogen) atoms. The molecule has 1 fully saturated rings. The first kappa shape index (κ1) is 16.8. The maximum absolute atomic E-state index is 12.5. The van der Waals surface area contributed by atoms with Crippen molar-refractivity contribution in [3.63, 3.8) is 0 Å². The van der Waals surface area contributed by atoms with Gasteiger partial charge in [0.2, 0.25) is 0 Å². The summed E-state index contributed by atoms with van der Waals surface area (Å²) >= 11 is 0. The van der Waals surface area contributed by atoms with E-state index in [0.717, 1.165) is 19.3 Å². The number of urea groups is 1. The molecular weight excluding hydrogens is 256 g/mol. The van der Waals surface area contributed by atoms with Gasteiger partial charge in [0.15, 0.2) is 0 Å². The van der Waals surface area contributed by atoms with Gasteiger partial charge >= 0.3 is 12.0 Å². The second kappa shape index (κ2) is 6.02. The molecule has 2 amide bonds. The van der Waals surface area contributed by atoms with Crippen molar-refractivity contribution < 1.29 is 14.7 Å². The molecule has 0 aromatic carbocycles. The van der Waals surface area contributed by atoms with E-state index >= 15 is 0 Å². The van der Waals surface area contributed by atoms with Gasteiger partial charge in [0.1, 0.15) is 0 Å². The largest absolute Gasteiger partial charge is 0.481 e. The molecule has 0 aromatic rings. The van der Waals surface area contributed by atoms with E-state index in [1.165, 1.54) is 0 Å². The third-order valence-corrected chi connectivity index (χ3v) is 4.16. The van der Waals surface area contributed by atoms with Gasteiger partial charge in [0.25, 0.3) is 0 Å². The van der Waals surface area contributed by atoms with Gasteiger partial charge in [0.05, 0.1) is 6.42 Å². The number of carboxylic acids is 1. The second-order valence-corrected chi connectivity index (χ2v) is 7.35. The average molecular weight is 284 g/mol. The third-order valence-electron chi connectivity index (χ3n) is 4.16. The fourth-order valence-electron chi connectivity index (χ4n) is 2.77. The highest BCUT2D eigenvalue weighted by molar-refractivity contribution is 5.76. The molecule has 1 aliphatic rings. The van der Waals surface area contributed by atoms with Crippen molar-refractivity contribution in [2.45, 2.75) is 71.9 Å². The number of nitrogens with one attached hydrogen (secondary N) is 1. The lowest BCUT2D eigenvalue weighted by Crippen LogP contribution is -2.54. The zero-order valence-electron chi connectivity index (χ0n) is 13.3. The third kappa shape index (κ3) is 4.39. The molecule has 0 bridgehead atoms. The van der Waals surface area contributed by atoms with Gasteiger partial charge in [-0.3, -0.25) is 4.79 Å². The van der Waals surface area contributed by atoms with Crippen molar-refractivity contribution >= 4 is 12.0 Å². The maximum Gasteiger partial charge on any atom is 0.318 e. The summed E-state index contributed by atoms with van der Waals surface area (Å²) in [6.45, 7) is 10.3. The molecule has 1 aliphatic carbocycles. The van der Waals surface area contributed by atoms with Gasteiger partial charge in [-0.05, 0) is 39.0 Å². The van der Waals surface area contributed by atoms with Crippen LogP contribution in [0.3, 0.4) is 0 Å². The molecule has 0 spiro atoms. The highest BCUT2D eigenvalue weighted by atomic mass is 16.4. The number of carbonyl (C=O) groups is 2. The molecule has 116 valence electrons. The number of amides is 2. The summed E-state index contributed by atoms with van der Waals surface area (Å²) in [6, 6.07) is 0.0170. The van der Waals surface area contributed by atoms with Gasteiger partial charge in [-0.2, -0.15) is 0 Å². The normalized spacial score (nSPS) is 21.6. The van der Waals surface area contributed by atoms with E-state index in [2.05, 4.69) is 19.2 Å². The Balaban J connectivity index is 2.71. The van der Waals surface area contributed by atoms with Crippen molar-refractivity contribution in [3.8, 4) is 0 Å². The van der Waals surface area contributed by atoms with Gasteiger partial charge in [-0.1, -0.05) is 20.3 Å². The summed E-state index contributed by atoms with van der Waals surface area (Å²) in [5, 5.41) is 11.9. The summed E-state index contributed by atoms with van der Waals surface area (Å²) < 4.78 is 0. The maximum atomic E-state index is 12.5. The van der Waals surface area contributed by atoms with Crippen molar-refractivity contribution in [2.75, 3.05) is 6.54 Å². The van der Waals surface area contributed by atoms with E-state index in [-0.39, 0.29) is 36.0 Å². The average Bonchev–Trinajstić information content (AvgIpc) is 2.55. The first-order chi connectivity index (χ1) is 9.04. The minimum Gasteiger partial charge on any atom is -0.481 e. The van der Waals surface area contributed by atoms with Crippen LogP contribution in [0.15, 0.2) is 0 Å². The summed E-state index contributed by atoms with van der Waals surface area (Å²) in [6.07, 6.45) is 3.21. The van der Waals surface area contributed by atoms with E-state index in [4.69, 9.17) is 5.11 Å². The number of carbonyl (C=O) groups excluding carboxylic acids is 1. The number of hydrogen-bond donors (Lipinski definition) is 2. The number of nitrogens with zero attached hydrogens (tertiary/aromatic N) is 1. The Kier molecular flexibility index (Phi) is 5.05. The molecule has 1 saturated carbocycles. The van der Waals surface area contributed by atoms with Crippen LogP contribution in [0.5, 0.6) is 0 Å². The van der Waals surface area contributed by atoms with E-state index in [1.54, 1.807) is 4.90 Å². The number of carboxylic acid groups (broad SMARTS) is 1. The Morgan fingerprint density at radius 3 is 2.35 bits per heavy atom. The molecule has 0 aromatic heterocycles. The molecular formula is C15H28N2O3. The topological polar surface area (TPSA) is 69.6 Å². The molecule has 5 heteroatoms.